The molecule has 3 rings (SSSR count). The molecule has 2 aromatic carbocycles. The average Bonchev–Trinajstić information content (AvgIpc) is 2.90. The number of rotatable bonds is 4. The molecule has 1 aliphatic heterocycles. The number of hydrogen-bond acceptors (Lipinski definition) is 4. The summed E-state index contributed by atoms with van der Waals surface area (Å²) in [6.07, 6.45) is 0. The zero-order chi connectivity index (χ0) is 18.6. The second-order valence-corrected chi connectivity index (χ2v) is 6.99. The van der Waals surface area contributed by atoms with E-state index in [1.54, 1.807) is 53.4 Å². The molecule has 1 fully saturated rings. The van der Waals surface area contributed by atoms with Crippen LogP contribution in [0.25, 0.3) is 0 Å². The first-order chi connectivity index (χ1) is 12.5. The molecule has 0 bridgehead atoms. The molecular weight excluding hydrogens is 330 g/mol. The van der Waals surface area contributed by atoms with Crippen LogP contribution in [0.15, 0.2) is 54.6 Å². The molecular formula is C21H23NO4. The van der Waals surface area contributed by atoms with Gasteiger partial charge in [0.05, 0.1) is 25.4 Å². The quantitative estimate of drug-likeness (QED) is 0.857. The highest BCUT2D eigenvalue weighted by molar-refractivity contribution is 6.15. The summed E-state index contributed by atoms with van der Waals surface area (Å²) < 4.78 is 5.54. The molecule has 136 valence electrons. The Morgan fingerprint density at radius 2 is 1.73 bits per heavy atom. The average molecular weight is 353 g/mol. The van der Waals surface area contributed by atoms with E-state index in [0.717, 1.165) is 0 Å². The van der Waals surface area contributed by atoms with Gasteiger partial charge in [0.2, 0.25) is 0 Å². The Morgan fingerprint density at radius 1 is 1.08 bits per heavy atom. The van der Waals surface area contributed by atoms with E-state index in [2.05, 4.69) is 0 Å². The Labute approximate surface area is 153 Å². The zero-order valence-electron chi connectivity index (χ0n) is 14.9. The van der Waals surface area contributed by atoms with Gasteiger partial charge in [-0.1, -0.05) is 55.5 Å². The molecule has 1 unspecified atom stereocenters. The number of nitrogens with zero attached hydrogens (tertiary/aromatic N) is 1. The molecule has 1 amide bonds. The number of carbonyl (C=O) groups excluding carboxylic acids is 2. The SMILES string of the molecule is CC1(CO)COCCN(C(=O)c2ccccc2C(=O)c2ccccc2)C1. The van der Waals surface area contributed by atoms with Crippen LogP contribution in [0.4, 0.5) is 0 Å². The van der Waals surface area contributed by atoms with E-state index < -0.39 is 5.41 Å². The number of aliphatic hydroxyl groups is 1. The van der Waals surface area contributed by atoms with Crippen molar-refractivity contribution >= 4 is 11.7 Å². The van der Waals surface area contributed by atoms with Gasteiger partial charge in [-0.3, -0.25) is 9.59 Å². The van der Waals surface area contributed by atoms with Crippen molar-refractivity contribution in [2.24, 2.45) is 5.41 Å². The van der Waals surface area contributed by atoms with Crippen LogP contribution in [0.1, 0.15) is 33.2 Å². The van der Waals surface area contributed by atoms with Crippen molar-refractivity contribution in [2.45, 2.75) is 6.92 Å². The summed E-state index contributed by atoms with van der Waals surface area (Å²) >= 11 is 0. The van der Waals surface area contributed by atoms with Crippen LogP contribution in [-0.2, 0) is 4.74 Å². The molecule has 1 heterocycles. The minimum Gasteiger partial charge on any atom is -0.396 e. The smallest absolute Gasteiger partial charge is 0.254 e. The molecule has 0 radical (unpaired) electrons. The van der Waals surface area contributed by atoms with Crippen molar-refractivity contribution in [3.05, 3.63) is 71.3 Å². The predicted octanol–water partition coefficient (Wildman–Crippen LogP) is 2.39. The normalized spacial score (nSPS) is 20.5. The van der Waals surface area contributed by atoms with Crippen LogP contribution in [-0.4, -0.2) is 54.6 Å². The van der Waals surface area contributed by atoms with E-state index >= 15 is 0 Å². The van der Waals surface area contributed by atoms with Gasteiger partial charge in [-0.2, -0.15) is 0 Å². The molecule has 1 atom stereocenters. The first-order valence-corrected chi connectivity index (χ1v) is 8.71. The molecule has 26 heavy (non-hydrogen) atoms. The highest BCUT2D eigenvalue weighted by atomic mass is 16.5. The molecule has 0 spiro atoms. The van der Waals surface area contributed by atoms with E-state index in [0.29, 0.717) is 43.0 Å². The Morgan fingerprint density at radius 3 is 2.42 bits per heavy atom. The molecule has 1 N–H and O–H groups in total. The standard InChI is InChI=1S/C21H23NO4/c1-21(14-23)13-22(11-12-26-15-21)20(25)18-10-6-5-9-17(18)19(24)16-7-3-2-4-8-16/h2-10,23H,11-15H2,1H3. The number of ether oxygens (including phenoxy) is 1. The minimum atomic E-state index is -0.509. The van der Waals surface area contributed by atoms with Crippen LogP contribution in [0, 0.1) is 5.41 Å². The lowest BCUT2D eigenvalue weighted by Gasteiger charge is -2.30. The fourth-order valence-corrected chi connectivity index (χ4v) is 3.13. The Balaban J connectivity index is 1.92. The molecule has 0 aliphatic carbocycles. The third-order valence-electron chi connectivity index (χ3n) is 4.64. The van der Waals surface area contributed by atoms with Crippen LogP contribution < -0.4 is 0 Å². The summed E-state index contributed by atoms with van der Waals surface area (Å²) in [6, 6.07) is 15.8. The summed E-state index contributed by atoms with van der Waals surface area (Å²) in [6.45, 7) is 3.45. The minimum absolute atomic E-state index is 0.0681. The van der Waals surface area contributed by atoms with Crippen LogP contribution in [0.5, 0.6) is 0 Å². The van der Waals surface area contributed by atoms with Gasteiger partial charge in [0, 0.05) is 29.6 Å². The maximum Gasteiger partial charge on any atom is 0.254 e. The second-order valence-electron chi connectivity index (χ2n) is 6.99. The molecule has 5 nitrogen and oxygen atoms in total. The van der Waals surface area contributed by atoms with E-state index in [4.69, 9.17) is 4.74 Å². The monoisotopic (exact) mass is 353 g/mol. The third-order valence-corrected chi connectivity index (χ3v) is 4.64. The van der Waals surface area contributed by atoms with Gasteiger partial charge in [0.25, 0.3) is 5.91 Å². The molecule has 2 aromatic rings. The van der Waals surface area contributed by atoms with Gasteiger partial charge in [0.1, 0.15) is 0 Å². The van der Waals surface area contributed by atoms with E-state index in [9.17, 15) is 14.7 Å². The molecule has 0 saturated carbocycles. The van der Waals surface area contributed by atoms with Gasteiger partial charge < -0.3 is 14.7 Å². The molecule has 5 heteroatoms. The third kappa shape index (κ3) is 3.84. The van der Waals surface area contributed by atoms with Gasteiger partial charge >= 0.3 is 0 Å². The fraction of sp³-hybridized carbons (Fsp3) is 0.333. The van der Waals surface area contributed by atoms with Crippen LogP contribution >= 0.6 is 0 Å². The van der Waals surface area contributed by atoms with Gasteiger partial charge in [-0.05, 0) is 6.07 Å². The van der Waals surface area contributed by atoms with E-state index in [1.807, 2.05) is 13.0 Å². The van der Waals surface area contributed by atoms with Gasteiger partial charge in [0.15, 0.2) is 5.78 Å². The summed E-state index contributed by atoms with van der Waals surface area (Å²) in [4.78, 5) is 27.7. The number of aliphatic hydroxyl groups excluding tert-OH is 1. The van der Waals surface area contributed by atoms with Crippen LogP contribution in [0.3, 0.4) is 0 Å². The van der Waals surface area contributed by atoms with Crippen molar-refractivity contribution in [2.75, 3.05) is 32.9 Å². The first-order valence-electron chi connectivity index (χ1n) is 8.71. The zero-order valence-corrected chi connectivity index (χ0v) is 14.9. The maximum absolute atomic E-state index is 13.1. The molecule has 1 aliphatic rings. The molecule has 1 saturated heterocycles. The van der Waals surface area contributed by atoms with Crippen molar-refractivity contribution in [1.29, 1.82) is 0 Å². The number of benzene rings is 2. The van der Waals surface area contributed by atoms with Crippen molar-refractivity contribution in [3.63, 3.8) is 0 Å². The predicted molar refractivity (Wildman–Crippen MR) is 98.2 cm³/mol. The summed E-state index contributed by atoms with van der Waals surface area (Å²) in [7, 11) is 0. The second kappa shape index (κ2) is 7.81. The number of amides is 1. The van der Waals surface area contributed by atoms with Crippen molar-refractivity contribution in [1.82, 2.24) is 4.90 Å². The Bertz CT molecular complexity index is 790. The van der Waals surface area contributed by atoms with Crippen molar-refractivity contribution < 1.29 is 19.4 Å². The lowest BCUT2D eigenvalue weighted by molar-refractivity contribution is 0.0340. The molecule has 0 aromatic heterocycles. The Hall–Kier alpha value is -2.50. The lowest BCUT2D eigenvalue weighted by Crippen LogP contribution is -2.42. The summed E-state index contributed by atoms with van der Waals surface area (Å²) in [5.74, 6) is -0.388. The highest BCUT2D eigenvalue weighted by Crippen LogP contribution is 2.23. The summed E-state index contributed by atoms with van der Waals surface area (Å²) in [5.41, 5.74) is 0.806. The van der Waals surface area contributed by atoms with Crippen LogP contribution in [0.2, 0.25) is 0 Å². The first kappa shape index (κ1) is 18.3. The maximum atomic E-state index is 13.1. The van der Waals surface area contributed by atoms with Gasteiger partial charge in [-0.25, -0.2) is 0 Å². The lowest BCUT2D eigenvalue weighted by atomic mass is 9.91. The summed E-state index contributed by atoms with van der Waals surface area (Å²) in [5, 5.41) is 9.66. The highest BCUT2D eigenvalue weighted by Gasteiger charge is 2.33. The topological polar surface area (TPSA) is 66.8 Å². The van der Waals surface area contributed by atoms with Gasteiger partial charge in [-0.15, -0.1) is 0 Å². The number of hydrogen-bond donors (Lipinski definition) is 1. The number of ketones is 1. The van der Waals surface area contributed by atoms with Crippen molar-refractivity contribution in [3.8, 4) is 0 Å². The van der Waals surface area contributed by atoms with E-state index in [1.165, 1.54) is 0 Å². The van der Waals surface area contributed by atoms with E-state index in [-0.39, 0.29) is 18.3 Å². The number of carbonyl (C=O) groups is 2. The Kier molecular flexibility index (Phi) is 5.49. The largest absolute Gasteiger partial charge is 0.396 e. The fourth-order valence-electron chi connectivity index (χ4n) is 3.13.